The molecule has 0 fully saturated rings. The number of ether oxygens (including phenoxy) is 4. The predicted octanol–water partition coefficient (Wildman–Crippen LogP) is 3.45. The van der Waals surface area contributed by atoms with Gasteiger partial charge in [-0.05, 0) is 42.8 Å². The van der Waals surface area contributed by atoms with Crippen LogP contribution in [-0.4, -0.2) is 50.4 Å². The second-order valence-corrected chi connectivity index (χ2v) is 8.75. The molecule has 4 aromatic rings. The molecule has 0 saturated carbocycles. The molecular weight excluding hydrogens is 526 g/mol. The summed E-state index contributed by atoms with van der Waals surface area (Å²) in [6.07, 6.45) is 1.52. The van der Waals surface area contributed by atoms with Gasteiger partial charge in [-0.15, -0.1) is 0 Å². The first-order chi connectivity index (χ1) is 18.8. The minimum absolute atomic E-state index is 0.0593. The predicted molar refractivity (Wildman–Crippen MR) is 142 cm³/mol. The highest BCUT2D eigenvalue weighted by Gasteiger charge is 2.27. The van der Waals surface area contributed by atoms with Crippen LogP contribution in [0.25, 0.3) is 11.4 Å². The topological polar surface area (TPSA) is 162 Å². The normalized spacial score (nSPS) is 11.4. The number of carbonyl (C=O) groups is 1. The smallest absolute Gasteiger partial charge is 0.263 e. The number of nitrogens with two attached hydrogens (primary N) is 1. The van der Waals surface area contributed by atoms with Crippen molar-refractivity contribution in [1.82, 2.24) is 15.0 Å². The van der Waals surface area contributed by atoms with Crippen LogP contribution in [0.1, 0.15) is 5.56 Å². The van der Waals surface area contributed by atoms with Gasteiger partial charge in [0.1, 0.15) is 11.6 Å². The van der Waals surface area contributed by atoms with Gasteiger partial charge in [-0.25, -0.2) is 14.3 Å². The van der Waals surface area contributed by atoms with Gasteiger partial charge < -0.3 is 29.2 Å². The monoisotopic (exact) mass is 550 g/mol. The second-order valence-electron chi connectivity index (χ2n) is 7.95. The van der Waals surface area contributed by atoms with Crippen LogP contribution in [0.2, 0.25) is 0 Å². The highest BCUT2D eigenvalue weighted by molar-refractivity contribution is 7.81. The molecule has 0 bridgehead atoms. The Kier molecular flexibility index (Phi) is 8.53. The van der Waals surface area contributed by atoms with Crippen LogP contribution in [0.15, 0.2) is 66.9 Å². The van der Waals surface area contributed by atoms with Gasteiger partial charge in [0.05, 0.1) is 25.5 Å². The molecule has 1 atom stereocenters. The number of hydrogen-bond donors (Lipinski definition) is 1. The Labute approximate surface area is 226 Å². The molecule has 2 aromatic heterocycles. The van der Waals surface area contributed by atoms with Crippen molar-refractivity contribution in [3.05, 3.63) is 72.4 Å². The highest BCUT2D eigenvalue weighted by Crippen LogP contribution is 2.44. The Hall–Kier alpha value is -4.75. The number of pyridine rings is 1. The maximum Gasteiger partial charge on any atom is 0.263 e. The molecular formula is C26H24N5O7S-. The first-order valence-electron chi connectivity index (χ1n) is 11.4. The molecule has 12 nitrogen and oxygen atoms in total. The van der Waals surface area contributed by atoms with Crippen molar-refractivity contribution >= 4 is 28.8 Å². The fourth-order valence-corrected chi connectivity index (χ4v) is 3.97. The minimum Gasteiger partial charge on any atom is -0.755 e. The number of para-hydroxylation sites is 2. The average Bonchev–Trinajstić information content (AvgIpc) is 2.94. The summed E-state index contributed by atoms with van der Waals surface area (Å²) in [5.41, 5.74) is 6.44. The lowest BCUT2D eigenvalue weighted by molar-refractivity contribution is -0.119. The van der Waals surface area contributed by atoms with E-state index in [0.29, 0.717) is 17.1 Å². The number of anilines is 2. The molecule has 2 N–H and O–H groups in total. The number of hydrogen-bond acceptors (Lipinski definition) is 10. The molecule has 2 heterocycles. The van der Waals surface area contributed by atoms with Gasteiger partial charge in [-0.3, -0.25) is 9.00 Å². The quantitative estimate of drug-likeness (QED) is 0.274. The summed E-state index contributed by atoms with van der Waals surface area (Å²) in [5.74, 6) is 0.155. The van der Waals surface area contributed by atoms with Gasteiger partial charge in [-0.2, -0.15) is 4.98 Å². The molecule has 0 radical (unpaired) electrons. The fourth-order valence-electron chi connectivity index (χ4n) is 3.44. The molecule has 1 unspecified atom stereocenters. The van der Waals surface area contributed by atoms with E-state index >= 15 is 0 Å². The third-order valence-electron chi connectivity index (χ3n) is 5.21. The van der Waals surface area contributed by atoms with E-state index in [2.05, 4.69) is 15.0 Å². The summed E-state index contributed by atoms with van der Waals surface area (Å²) in [6.45, 7) is 1.50. The minimum atomic E-state index is -2.89. The molecule has 202 valence electrons. The standard InChI is InChI=1S/C26H25N5O7S/c1-16-11-12-22(28-14-16)31(39(33)34)25-23(38-20-10-5-4-9-19(20)35-2)26(36-3)30-24(29-25)17-7-6-8-18(13-17)37-15-21(27)32/h4-14H,15H2,1-3H3,(H2,27,32)(H,33,34)/p-1. The number of aryl methyl sites for hydroxylation is 1. The first-order valence-corrected chi connectivity index (χ1v) is 12.4. The van der Waals surface area contributed by atoms with E-state index in [0.717, 1.165) is 9.87 Å². The van der Waals surface area contributed by atoms with Crippen LogP contribution in [0.4, 0.5) is 11.6 Å². The molecule has 2 aromatic carbocycles. The second kappa shape index (κ2) is 12.2. The van der Waals surface area contributed by atoms with Crippen LogP contribution >= 0.6 is 0 Å². The molecule has 0 aliphatic carbocycles. The Morgan fingerprint density at radius 2 is 1.79 bits per heavy atom. The number of rotatable bonds is 11. The largest absolute Gasteiger partial charge is 0.755 e. The van der Waals surface area contributed by atoms with Crippen LogP contribution in [0.5, 0.6) is 28.9 Å². The Bertz CT molecular complexity index is 1500. The van der Waals surface area contributed by atoms with Crippen LogP contribution in [0.3, 0.4) is 0 Å². The maximum absolute atomic E-state index is 12.6. The third kappa shape index (κ3) is 6.40. The number of methoxy groups -OCH3 is 2. The molecule has 4 rings (SSSR count). The summed E-state index contributed by atoms with van der Waals surface area (Å²) in [5, 5.41) is 0. The van der Waals surface area contributed by atoms with Crippen molar-refractivity contribution in [1.29, 1.82) is 0 Å². The van der Waals surface area contributed by atoms with Gasteiger partial charge in [-0.1, -0.05) is 30.3 Å². The maximum atomic E-state index is 12.6. The van der Waals surface area contributed by atoms with Gasteiger partial charge in [0.25, 0.3) is 11.8 Å². The average molecular weight is 551 g/mol. The lowest BCUT2D eigenvalue weighted by Gasteiger charge is -2.27. The zero-order chi connectivity index (χ0) is 27.9. The zero-order valence-corrected chi connectivity index (χ0v) is 22.0. The van der Waals surface area contributed by atoms with Gasteiger partial charge in [0, 0.05) is 11.8 Å². The third-order valence-corrected chi connectivity index (χ3v) is 5.87. The fraction of sp³-hybridized carbons (Fsp3) is 0.154. The molecule has 0 aliphatic heterocycles. The Morgan fingerprint density at radius 3 is 2.44 bits per heavy atom. The molecule has 0 saturated heterocycles. The number of primary amides is 1. The number of nitrogens with zero attached hydrogens (tertiary/aromatic N) is 4. The van der Waals surface area contributed by atoms with Crippen molar-refractivity contribution in [2.75, 3.05) is 25.1 Å². The van der Waals surface area contributed by atoms with E-state index in [-0.39, 0.29) is 41.4 Å². The number of amides is 1. The first kappa shape index (κ1) is 27.3. The van der Waals surface area contributed by atoms with Crippen molar-refractivity contribution in [2.45, 2.75) is 6.92 Å². The molecule has 1 amide bonds. The van der Waals surface area contributed by atoms with Crippen molar-refractivity contribution in [3.63, 3.8) is 0 Å². The van der Waals surface area contributed by atoms with Gasteiger partial charge in [0.2, 0.25) is 5.75 Å². The van der Waals surface area contributed by atoms with Gasteiger partial charge in [0.15, 0.2) is 29.7 Å². The summed E-state index contributed by atoms with van der Waals surface area (Å²) >= 11 is -2.89. The molecule has 0 spiro atoms. The summed E-state index contributed by atoms with van der Waals surface area (Å²) < 4.78 is 48.5. The van der Waals surface area contributed by atoms with E-state index in [1.165, 1.54) is 26.5 Å². The highest BCUT2D eigenvalue weighted by atomic mass is 32.2. The van der Waals surface area contributed by atoms with E-state index in [1.54, 1.807) is 54.6 Å². The zero-order valence-electron chi connectivity index (χ0n) is 21.2. The molecule has 0 aliphatic rings. The summed E-state index contributed by atoms with van der Waals surface area (Å²) in [7, 11) is 2.84. The van der Waals surface area contributed by atoms with Crippen molar-refractivity contribution < 1.29 is 32.5 Å². The Morgan fingerprint density at radius 1 is 1.03 bits per heavy atom. The Balaban J connectivity index is 1.92. The molecule has 13 heteroatoms. The van der Waals surface area contributed by atoms with Crippen LogP contribution < -0.4 is 29.0 Å². The number of aromatic nitrogens is 3. The van der Waals surface area contributed by atoms with Crippen LogP contribution in [0, 0.1) is 6.92 Å². The van der Waals surface area contributed by atoms with E-state index in [9.17, 15) is 13.6 Å². The van der Waals surface area contributed by atoms with E-state index in [1.807, 2.05) is 6.92 Å². The summed E-state index contributed by atoms with van der Waals surface area (Å²) in [4.78, 5) is 24.4. The SMILES string of the molecule is COc1ccccc1Oc1c(OC)nc(-c2cccc(OCC(N)=O)c2)nc1N(c1ccc(C)cn1)S(=O)[O-]. The summed E-state index contributed by atoms with van der Waals surface area (Å²) in [6, 6.07) is 16.6. The lowest BCUT2D eigenvalue weighted by atomic mass is 10.2. The van der Waals surface area contributed by atoms with Gasteiger partial charge >= 0.3 is 0 Å². The number of benzene rings is 2. The number of carbonyl (C=O) groups excluding carboxylic acids is 1. The van der Waals surface area contributed by atoms with E-state index < -0.39 is 17.2 Å². The van der Waals surface area contributed by atoms with Crippen LogP contribution in [-0.2, 0) is 16.1 Å². The molecule has 39 heavy (non-hydrogen) atoms. The van der Waals surface area contributed by atoms with Crippen molar-refractivity contribution in [3.8, 4) is 40.3 Å². The van der Waals surface area contributed by atoms with Crippen molar-refractivity contribution in [2.24, 2.45) is 5.73 Å². The van der Waals surface area contributed by atoms with E-state index in [4.69, 9.17) is 24.7 Å². The lowest BCUT2D eigenvalue weighted by Crippen LogP contribution is -2.23.